The van der Waals surface area contributed by atoms with Gasteiger partial charge in [0, 0.05) is 96.6 Å². The number of nitrogens with one attached hydrogen (secondary N) is 6. The summed E-state index contributed by atoms with van der Waals surface area (Å²) in [7, 11) is 0. The van der Waals surface area contributed by atoms with Crippen molar-refractivity contribution in [1.29, 1.82) is 0 Å². The van der Waals surface area contributed by atoms with Crippen LogP contribution in [0, 0.1) is 32.5 Å². The van der Waals surface area contributed by atoms with E-state index < -0.39 is 5.41 Å². The Morgan fingerprint density at radius 1 is 0.245 bits per heavy atom. The minimum atomic E-state index is -0.399. The minimum Gasteiger partial charge on any atom is -0.379 e. The van der Waals surface area contributed by atoms with Gasteiger partial charge < -0.3 is 74.5 Å². The molecular formula is C77H150N6O19. The predicted molar refractivity (Wildman–Crippen MR) is 404 cm³/mol. The van der Waals surface area contributed by atoms with Crippen LogP contribution in [0.3, 0.4) is 0 Å². The lowest BCUT2D eigenvalue weighted by Crippen LogP contribution is -2.44. The normalized spacial score (nSPS) is 12.3. The molecule has 0 bridgehead atoms. The van der Waals surface area contributed by atoms with E-state index in [0.29, 0.717) is 138 Å². The van der Waals surface area contributed by atoms with Crippen LogP contribution in [0.25, 0.3) is 0 Å². The fourth-order valence-corrected chi connectivity index (χ4v) is 7.65. The van der Waals surface area contributed by atoms with Crippen molar-refractivity contribution in [2.24, 2.45) is 32.5 Å². The third-order valence-electron chi connectivity index (χ3n) is 11.9. The molecule has 0 aliphatic carbocycles. The van der Waals surface area contributed by atoms with Crippen molar-refractivity contribution >= 4 is 58.6 Å². The van der Waals surface area contributed by atoms with Crippen LogP contribution < -0.4 is 31.9 Å². The zero-order valence-electron chi connectivity index (χ0n) is 69.8. The molecule has 0 aliphatic heterocycles. The molecule has 0 aromatic carbocycles. The number of amides is 6. The molecule has 0 aromatic rings. The van der Waals surface area contributed by atoms with Crippen molar-refractivity contribution in [3.05, 3.63) is 0 Å². The number of ether oxygens (including phenoxy) is 9. The topological polar surface area (TPSA) is 326 Å². The highest BCUT2D eigenvalue weighted by molar-refractivity contribution is 5.86. The van der Waals surface area contributed by atoms with Gasteiger partial charge in [0.25, 0.3) is 0 Å². The van der Waals surface area contributed by atoms with Crippen LogP contribution >= 0.6 is 0 Å². The van der Waals surface area contributed by atoms with Gasteiger partial charge in [-0.25, -0.2) is 0 Å². The number of ketones is 4. The Balaban J connectivity index is -0.000000390. The number of carbonyl (C=O) groups excluding carboxylic acids is 10. The van der Waals surface area contributed by atoms with E-state index in [1.807, 2.05) is 208 Å². The van der Waals surface area contributed by atoms with E-state index >= 15 is 0 Å². The molecule has 0 aliphatic rings. The maximum atomic E-state index is 11.7. The molecule has 25 heteroatoms. The fourth-order valence-electron chi connectivity index (χ4n) is 7.65. The average molecular weight is 1460 g/mol. The van der Waals surface area contributed by atoms with Crippen molar-refractivity contribution in [3.63, 3.8) is 0 Å². The first-order valence-corrected chi connectivity index (χ1v) is 36.1. The molecule has 0 fully saturated rings. The molecule has 0 radical (unpaired) electrons. The number of Topliss-reactive ketones (excluding diaryl/α,β-unsaturated/α-hetero) is 4. The van der Waals surface area contributed by atoms with Crippen LogP contribution in [0.15, 0.2) is 0 Å². The zero-order valence-corrected chi connectivity index (χ0v) is 69.8. The largest absolute Gasteiger partial charge is 0.379 e. The first-order chi connectivity index (χ1) is 46.1. The Labute approximate surface area is 617 Å². The molecule has 25 nitrogen and oxygen atoms in total. The summed E-state index contributed by atoms with van der Waals surface area (Å²) in [4.78, 5) is 115. The smallest absolute Gasteiger partial charge is 0.246 e. The fraction of sp³-hybridized carbons (Fsp3) is 0.870. The zero-order chi connectivity index (χ0) is 80.5. The van der Waals surface area contributed by atoms with Gasteiger partial charge in [-0.05, 0) is 106 Å². The molecular weight excluding hydrogens is 1310 g/mol. The van der Waals surface area contributed by atoms with Gasteiger partial charge in [-0.1, -0.05) is 125 Å². The Morgan fingerprint density at radius 3 is 0.794 bits per heavy atom. The van der Waals surface area contributed by atoms with Gasteiger partial charge in [0.1, 0.15) is 44.6 Å². The summed E-state index contributed by atoms with van der Waals surface area (Å²) < 4.78 is 47.7. The van der Waals surface area contributed by atoms with E-state index in [2.05, 4.69) is 31.9 Å². The first-order valence-electron chi connectivity index (χ1n) is 36.1. The van der Waals surface area contributed by atoms with Gasteiger partial charge in [-0.3, -0.25) is 47.9 Å². The number of hydrogen-bond acceptors (Lipinski definition) is 19. The standard InChI is InChI=1S/C20H39NO6.C19H36O5.C13H26N2O3.C13H25NO2.C12H24N2O3/c1-19(2,3)15-17(22)16-27-14-13-26-12-11-25-10-9-24-8-7-21-18(23)20(4,5)6;1-18(2,3)14-16(20)15-24-13-12-23-11-10-22-9-7-8-17(21)19(4,5)6;1-12(2,3)11(17)14-7-8-18-9-10(16)15-13(4,5)6;1-12(2,3)9-10(15)7-8-11(16)14-13(4,5)6;1-11(2,3)13-9(15)7-17-8-10(16)14-12(4,5)6/h7-16H2,1-6H3,(H,21,23);7-15H2,1-6H3;7-9H2,1-6H3,(H,14,17)(H,15,16);7-9H2,1-6H3,(H,14,16);7-8H2,1-6H3,(H,13,15)(H,14,16). The van der Waals surface area contributed by atoms with Gasteiger partial charge in [-0.15, -0.1) is 0 Å². The first kappa shape index (κ1) is 106. The van der Waals surface area contributed by atoms with Crippen molar-refractivity contribution in [2.75, 3.05) is 132 Å². The molecule has 6 N–H and O–H groups in total. The van der Waals surface area contributed by atoms with Gasteiger partial charge in [-0.2, -0.15) is 0 Å². The van der Waals surface area contributed by atoms with Crippen molar-refractivity contribution < 1.29 is 90.6 Å². The Bertz CT molecular complexity index is 2290. The molecule has 0 rings (SSSR count). The van der Waals surface area contributed by atoms with Crippen molar-refractivity contribution in [2.45, 2.75) is 275 Å². The predicted octanol–water partition coefficient (Wildman–Crippen LogP) is 10.3. The summed E-state index contributed by atoms with van der Waals surface area (Å²) in [5.74, 6) is 0.0188. The molecule has 602 valence electrons. The Morgan fingerprint density at radius 2 is 0.500 bits per heavy atom. The van der Waals surface area contributed by atoms with E-state index in [1.54, 1.807) is 0 Å². The van der Waals surface area contributed by atoms with Crippen LogP contribution in [0.2, 0.25) is 0 Å². The SMILES string of the molecule is CC(C)(C)CC(=O)CCC(=O)NC(C)(C)C.CC(C)(C)CC(=O)COCCOCCOCCCC(=O)C(C)(C)C.CC(C)(C)CC(=O)COCCOCCOCCOCCNC(=O)C(C)(C)C.CC(C)(C)NC(=O)COCC(=O)NC(C)(C)C.CC(C)(C)NC(=O)COCCNC(=O)C(C)(C)C. The van der Waals surface area contributed by atoms with Gasteiger partial charge in [0.05, 0.1) is 79.3 Å². The summed E-state index contributed by atoms with van der Waals surface area (Å²) in [5.41, 5.74) is -2.06. The lowest BCUT2D eigenvalue weighted by molar-refractivity contribution is -0.133. The van der Waals surface area contributed by atoms with Crippen molar-refractivity contribution in [3.8, 4) is 0 Å². The maximum Gasteiger partial charge on any atom is 0.246 e. The lowest BCUT2D eigenvalue weighted by Gasteiger charge is -2.21. The van der Waals surface area contributed by atoms with Gasteiger partial charge >= 0.3 is 0 Å². The van der Waals surface area contributed by atoms with Crippen LogP contribution in [0.4, 0.5) is 0 Å². The molecule has 102 heavy (non-hydrogen) atoms. The van der Waals surface area contributed by atoms with E-state index in [-0.39, 0.29) is 141 Å². The maximum absolute atomic E-state index is 11.7. The van der Waals surface area contributed by atoms with E-state index in [9.17, 15) is 47.9 Å². The molecule has 0 atom stereocenters. The van der Waals surface area contributed by atoms with Gasteiger partial charge in [0.15, 0.2) is 11.6 Å². The van der Waals surface area contributed by atoms with Crippen LogP contribution in [-0.4, -0.2) is 213 Å². The van der Waals surface area contributed by atoms with E-state index in [0.717, 1.165) is 6.42 Å². The number of carbonyl (C=O) groups is 10. The molecule has 6 amide bonds. The third kappa shape index (κ3) is 87.5. The second-order valence-corrected chi connectivity index (χ2v) is 36.0. The monoisotopic (exact) mass is 1460 g/mol. The second-order valence-electron chi connectivity index (χ2n) is 36.0. The molecule has 0 saturated carbocycles. The summed E-state index contributed by atoms with van der Waals surface area (Å²) in [6.45, 7) is 65.1. The molecule has 0 saturated heterocycles. The Kier molecular flexibility index (Phi) is 55.8. The average Bonchev–Trinajstić information content (AvgIpc) is 0.941. The third-order valence-corrected chi connectivity index (χ3v) is 11.9. The highest BCUT2D eigenvalue weighted by Gasteiger charge is 2.25. The summed E-state index contributed by atoms with van der Waals surface area (Å²) in [6.07, 6.45) is 3.53. The molecule has 0 unspecified atom stereocenters. The van der Waals surface area contributed by atoms with E-state index in [1.165, 1.54) is 0 Å². The molecule has 0 spiro atoms. The second kappa shape index (κ2) is 53.8. The van der Waals surface area contributed by atoms with Crippen LogP contribution in [-0.2, 0) is 90.6 Å². The highest BCUT2D eigenvalue weighted by Crippen LogP contribution is 2.22. The Hall–Kier alpha value is -4.86. The van der Waals surface area contributed by atoms with E-state index in [4.69, 9.17) is 42.6 Å². The number of hydrogen-bond donors (Lipinski definition) is 6. The van der Waals surface area contributed by atoms with Gasteiger partial charge in [0.2, 0.25) is 35.4 Å². The summed E-state index contributed by atoms with van der Waals surface area (Å²) in [6, 6.07) is 0. The molecule has 0 heterocycles. The summed E-state index contributed by atoms with van der Waals surface area (Å²) >= 11 is 0. The van der Waals surface area contributed by atoms with Crippen molar-refractivity contribution in [1.82, 2.24) is 31.9 Å². The minimum absolute atomic E-state index is 0.00163. The quantitative estimate of drug-likeness (QED) is 0.0310. The highest BCUT2D eigenvalue weighted by atomic mass is 16.6. The lowest BCUT2D eigenvalue weighted by atomic mass is 9.88. The van der Waals surface area contributed by atoms with Crippen LogP contribution in [0.1, 0.15) is 253 Å². The van der Waals surface area contributed by atoms with Crippen LogP contribution in [0.5, 0.6) is 0 Å². The molecule has 0 aromatic heterocycles. The number of rotatable bonds is 41. The summed E-state index contributed by atoms with van der Waals surface area (Å²) in [5, 5.41) is 16.7.